The number of hydrogen-bond acceptors (Lipinski definition) is 4. The predicted molar refractivity (Wildman–Crippen MR) is 111 cm³/mol. The number of aliphatic hydroxyl groups excluding tert-OH is 1. The maximum Gasteiger partial charge on any atom is 0.225 e. The summed E-state index contributed by atoms with van der Waals surface area (Å²) in [5.74, 6) is 1.18. The Labute approximate surface area is 169 Å². The standard InChI is InChI=1S/C23H35N3O2/c1-24(21-16-26(17-22(21)27)23(28)20-8-5-9-20)14-19-10-12-25(13-11-19)15-18-6-3-2-4-7-18/h2-4,6-7,19-22,27H,5,8-17H2,1H3/t21-,22-/m0/s1. The Bertz CT molecular complexity index is 641. The van der Waals surface area contributed by atoms with Gasteiger partial charge in [0, 0.05) is 32.1 Å². The molecular formula is C23H35N3O2. The average Bonchev–Trinajstić information content (AvgIpc) is 3.05. The Morgan fingerprint density at radius 2 is 1.82 bits per heavy atom. The van der Waals surface area contributed by atoms with Crippen molar-refractivity contribution in [2.45, 2.75) is 50.8 Å². The molecule has 0 bridgehead atoms. The monoisotopic (exact) mass is 385 g/mol. The molecule has 1 amide bonds. The Balaban J connectivity index is 1.22. The smallest absolute Gasteiger partial charge is 0.225 e. The van der Waals surface area contributed by atoms with Crippen LogP contribution < -0.4 is 0 Å². The number of hydrogen-bond donors (Lipinski definition) is 1. The Kier molecular flexibility index (Phi) is 6.34. The number of amides is 1. The van der Waals surface area contributed by atoms with Crippen LogP contribution in [0, 0.1) is 11.8 Å². The zero-order chi connectivity index (χ0) is 19.5. The van der Waals surface area contributed by atoms with Crippen molar-refractivity contribution < 1.29 is 9.90 Å². The van der Waals surface area contributed by atoms with E-state index in [9.17, 15) is 9.90 Å². The number of carbonyl (C=O) groups excluding carboxylic acids is 1. The number of rotatable bonds is 6. The second-order valence-corrected chi connectivity index (χ2v) is 9.15. The molecule has 1 aromatic rings. The average molecular weight is 386 g/mol. The number of benzene rings is 1. The van der Waals surface area contributed by atoms with Gasteiger partial charge in [0.15, 0.2) is 0 Å². The van der Waals surface area contributed by atoms with Crippen LogP contribution in [0.3, 0.4) is 0 Å². The van der Waals surface area contributed by atoms with Gasteiger partial charge < -0.3 is 10.0 Å². The molecule has 2 heterocycles. The molecule has 5 heteroatoms. The molecule has 4 rings (SSSR count). The zero-order valence-electron chi connectivity index (χ0n) is 17.2. The largest absolute Gasteiger partial charge is 0.390 e. The van der Waals surface area contributed by atoms with Crippen LogP contribution in [0.2, 0.25) is 0 Å². The first-order valence-corrected chi connectivity index (χ1v) is 11.0. The molecule has 0 spiro atoms. The maximum absolute atomic E-state index is 12.5. The first kappa shape index (κ1) is 19.9. The topological polar surface area (TPSA) is 47.0 Å². The van der Waals surface area contributed by atoms with E-state index < -0.39 is 6.10 Å². The highest BCUT2D eigenvalue weighted by Crippen LogP contribution is 2.30. The number of carbonyl (C=O) groups is 1. The van der Waals surface area contributed by atoms with Gasteiger partial charge in [-0.2, -0.15) is 0 Å². The first-order valence-electron chi connectivity index (χ1n) is 11.0. The minimum Gasteiger partial charge on any atom is -0.390 e. The summed E-state index contributed by atoms with van der Waals surface area (Å²) >= 11 is 0. The molecule has 1 N–H and O–H groups in total. The summed E-state index contributed by atoms with van der Waals surface area (Å²) in [7, 11) is 2.13. The van der Waals surface area contributed by atoms with E-state index in [1.54, 1.807) is 0 Å². The van der Waals surface area contributed by atoms with Crippen molar-refractivity contribution >= 4 is 5.91 Å². The molecule has 5 nitrogen and oxygen atoms in total. The van der Waals surface area contributed by atoms with Crippen molar-refractivity contribution in [2.75, 3.05) is 39.8 Å². The summed E-state index contributed by atoms with van der Waals surface area (Å²) < 4.78 is 0. The highest BCUT2D eigenvalue weighted by atomic mass is 16.3. The van der Waals surface area contributed by atoms with Crippen molar-refractivity contribution in [3.8, 4) is 0 Å². The van der Waals surface area contributed by atoms with E-state index in [4.69, 9.17) is 0 Å². The predicted octanol–water partition coefficient (Wildman–Crippen LogP) is 2.20. The zero-order valence-corrected chi connectivity index (χ0v) is 17.2. The fraction of sp³-hybridized carbons (Fsp3) is 0.696. The molecule has 1 saturated carbocycles. The van der Waals surface area contributed by atoms with Crippen molar-refractivity contribution in [1.82, 2.24) is 14.7 Å². The van der Waals surface area contributed by atoms with Crippen LogP contribution in [0.5, 0.6) is 0 Å². The Hall–Kier alpha value is -1.43. The third-order valence-corrected chi connectivity index (χ3v) is 7.09. The first-order chi connectivity index (χ1) is 13.6. The van der Waals surface area contributed by atoms with Gasteiger partial charge in [0.25, 0.3) is 0 Å². The molecule has 2 saturated heterocycles. The Morgan fingerprint density at radius 3 is 2.46 bits per heavy atom. The molecule has 1 aromatic carbocycles. The van der Waals surface area contributed by atoms with E-state index in [0.717, 1.165) is 39.0 Å². The number of β-amino-alcohol motifs (C(OH)–C–C–N with tert-alkyl or cyclic N) is 1. The molecule has 28 heavy (non-hydrogen) atoms. The van der Waals surface area contributed by atoms with Gasteiger partial charge in [-0.3, -0.25) is 14.6 Å². The third-order valence-electron chi connectivity index (χ3n) is 7.09. The molecule has 2 atom stereocenters. The van der Waals surface area contributed by atoms with Crippen molar-refractivity contribution in [1.29, 1.82) is 0 Å². The minimum atomic E-state index is -0.410. The lowest BCUT2D eigenvalue weighted by Gasteiger charge is -2.36. The molecule has 3 aliphatic rings. The van der Waals surface area contributed by atoms with E-state index >= 15 is 0 Å². The van der Waals surface area contributed by atoms with Gasteiger partial charge in [-0.05, 0) is 57.3 Å². The van der Waals surface area contributed by atoms with Crippen LogP contribution in [0.25, 0.3) is 0 Å². The van der Waals surface area contributed by atoms with Gasteiger partial charge in [-0.1, -0.05) is 36.8 Å². The maximum atomic E-state index is 12.5. The normalized spacial score (nSPS) is 27.3. The second-order valence-electron chi connectivity index (χ2n) is 9.15. The lowest BCUT2D eigenvalue weighted by molar-refractivity contribution is -0.137. The number of likely N-dealkylation sites (tertiary alicyclic amines) is 2. The van der Waals surface area contributed by atoms with E-state index in [1.807, 2.05) is 4.90 Å². The van der Waals surface area contributed by atoms with Crippen LogP contribution in [0.4, 0.5) is 0 Å². The van der Waals surface area contributed by atoms with E-state index in [2.05, 4.69) is 47.2 Å². The quantitative estimate of drug-likeness (QED) is 0.816. The summed E-state index contributed by atoms with van der Waals surface area (Å²) in [4.78, 5) is 19.3. The third kappa shape index (κ3) is 4.58. The van der Waals surface area contributed by atoms with Crippen LogP contribution in [-0.4, -0.2) is 77.6 Å². The van der Waals surface area contributed by atoms with Crippen LogP contribution >= 0.6 is 0 Å². The molecule has 0 radical (unpaired) electrons. The highest BCUT2D eigenvalue weighted by molar-refractivity contribution is 5.80. The fourth-order valence-corrected chi connectivity index (χ4v) is 5.01. The van der Waals surface area contributed by atoms with Crippen LogP contribution in [-0.2, 0) is 11.3 Å². The molecule has 0 aromatic heterocycles. The molecule has 154 valence electrons. The summed E-state index contributed by atoms with van der Waals surface area (Å²) in [6, 6.07) is 10.8. The van der Waals surface area contributed by atoms with Crippen molar-refractivity contribution in [3.63, 3.8) is 0 Å². The molecule has 1 aliphatic carbocycles. The van der Waals surface area contributed by atoms with Crippen LogP contribution in [0.15, 0.2) is 30.3 Å². The molecule has 3 fully saturated rings. The van der Waals surface area contributed by atoms with Gasteiger partial charge in [0.05, 0.1) is 12.1 Å². The van der Waals surface area contributed by atoms with E-state index in [0.29, 0.717) is 19.0 Å². The second kappa shape index (κ2) is 8.93. The minimum absolute atomic E-state index is 0.0892. The van der Waals surface area contributed by atoms with Gasteiger partial charge in [-0.15, -0.1) is 0 Å². The summed E-state index contributed by atoms with van der Waals surface area (Å²) in [5.41, 5.74) is 1.39. The lowest BCUT2D eigenvalue weighted by atomic mass is 9.84. The summed E-state index contributed by atoms with van der Waals surface area (Å²) in [6.45, 7) is 5.56. The number of aliphatic hydroxyl groups is 1. The summed E-state index contributed by atoms with van der Waals surface area (Å²) in [6.07, 6.45) is 5.27. The molecule has 2 aliphatic heterocycles. The SMILES string of the molecule is CN(CC1CCN(Cc2ccccc2)CC1)[C@H]1CN(C(=O)C2CCC2)C[C@@H]1O. The van der Waals surface area contributed by atoms with E-state index in [-0.39, 0.29) is 17.9 Å². The van der Waals surface area contributed by atoms with Crippen LogP contribution in [0.1, 0.15) is 37.7 Å². The van der Waals surface area contributed by atoms with Crippen molar-refractivity contribution in [2.24, 2.45) is 11.8 Å². The molecular weight excluding hydrogens is 350 g/mol. The van der Waals surface area contributed by atoms with E-state index in [1.165, 1.54) is 24.8 Å². The highest BCUT2D eigenvalue weighted by Gasteiger charge is 2.40. The van der Waals surface area contributed by atoms with Gasteiger partial charge >= 0.3 is 0 Å². The lowest BCUT2D eigenvalue weighted by Crippen LogP contribution is -2.45. The Morgan fingerprint density at radius 1 is 1.11 bits per heavy atom. The number of nitrogens with zero attached hydrogens (tertiary/aromatic N) is 3. The van der Waals surface area contributed by atoms with Crippen molar-refractivity contribution in [3.05, 3.63) is 35.9 Å². The number of likely N-dealkylation sites (N-methyl/N-ethyl adjacent to an activating group) is 1. The summed E-state index contributed by atoms with van der Waals surface area (Å²) in [5, 5.41) is 10.5. The van der Waals surface area contributed by atoms with Gasteiger partial charge in [0.2, 0.25) is 5.91 Å². The van der Waals surface area contributed by atoms with Gasteiger partial charge in [-0.25, -0.2) is 0 Å². The fourth-order valence-electron chi connectivity index (χ4n) is 5.01. The number of piperidine rings is 1. The molecule has 0 unspecified atom stereocenters. The van der Waals surface area contributed by atoms with Gasteiger partial charge in [0.1, 0.15) is 0 Å².